The third-order valence-electron chi connectivity index (χ3n) is 3.22. The largest absolute Gasteiger partial charge is 0.383 e. The number of likely N-dealkylation sites (N-methyl/N-ethyl adjacent to an activating group) is 1. The molecule has 1 N–H and O–H groups in total. The number of amides is 1. The van der Waals surface area contributed by atoms with Crippen LogP contribution in [0.1, 0.15) is 10.4 Å². The van der Waals surface area contributed by atoms with Crippen molar-refractivity contribution in [1.82, 2.24) is 4.90 Å². The Kier molecular flexibility index (Phi) is 5.08. The summed E-state index contributed by atoms with van der Waals surface area (Å²) < 4.78 is 0. The van der Waals surface area contributed by atoms with Gasteiger partial charge in [-0.25, -0.2) is 0 Å². The lowest BCUT2D eigenvalue weighted by atomic mass is 10.2. The Labute approximate surface area is 128 Å². The summed E-state index contributed by atoms with van der Waals surface area (Å²) in [5.41, 5.74) is 1.49. The molecule has 0 heterocycles. The summed E-state index contributed by atoms with van der Waals surface area (Å²) in [6.07, 6.45) is 0. The maximum atomic E-state index is 12.1. The summed E-state index contributed by atoms with van der Waals surface area (Å²) >= 11 is 0. The van der Waals surface area contributed by atoms with Crippen LogP contribution < -0.4 is 5.32 Å². The smallest absolute Gasteiger partial charge is 0.269 e. The van der Waals surface area contributed by atoms with Crippen LogP contribution in [0.5, 0.6) is 0 Å². The number of carbonyl (C=O) groups excluding carboxylic acids is 1. The maximum Gasteiger partial charge on any atom is 0.269 e. The SMILES string of the molecule is CN(CCNc1ccc([N+](=O)[O-])cc1)C(=O)c1ccccc1. The topological polar surface area (TPSA) is 75.5 Å². The quantitative estimate of drug-likeness (QED) is 0.657. The first-order valence-electron chi connectivity index (χ1n) is 6.87. The highest BCUT2D eigenvalue weighted by molar-refractivity contribution is 5.94. The average Bonchev–Trinajstić information content (AvgIpc) is 2.55. The number of non-ortho nitro benzene ring substituents is 1. The first-order chi connectivity index (χ1) is 10.6. The van der Waals surface area contributed by atoms with Crippen molar-refractivity contribution < 1.29 is 9.72 Å². The molecule has 0 unspecified atom stereocenters. The van der Waals surface area contributed by atoms with E-state index in [9.17, 15) is 14.9 Å². The van der Waals surface area contributed by atoms with Gasteiger partial charge in [-0.1, -0.05) is 18.2 Å². The Morgan fingerprint density at radius 2 is 1.77 bits per heavy atom. The molecule has 1 amide bonds. The van der Waals surface area contributed by atoms with E-state index < -0.39 is 4.92 Å². The van der Waals surface area contributed by atoms with E-state index in [1.165, 1.54) is 12.1 Å². The standard InChI is InChI=1S/C16H17N3O3/c1-18(16(20)13-5-3-2-4-6-13)12-11-17-14-7-9-15(10-8-14)19(21)22/h2-10,17H,11-12H2,1H3. The van der Waals surface area contributed by atoms with Crippen molar-refractivity contribution in [3.8, 4) is 0 Å². The second-order valence-corrected chi connectivity index (χ2v) is 4.82. The lowest BCUT2D eigenvalue weighted by molar-refractivity contribution is -0.384. The zero-order valence-corrected chi connectivity index (χ0v) is 12.2. The van der Waals surface area contributed by atoms with Gasteiger partial charge in [0.15, 0.2) is 0 Å². The Morgan fingerprint density at radius 3 is 2.36 bits per heavy atom. The van der Waals surface area contributed by atoms with Gasteiger partial charge in [0.1, 0.15) is 0 Å². The molecule has 0 spiro atoms. The zero-order chi connectivity index (χ0) is 15.9. The average molecular weight is 299 g/mol. The first-order valence-corrected chi connectivity index (χ1v) is 6.87. The number of carbonyl (C=O) groups is 1. The first kappa shape index (κ1) is 15.5. The van der Waals surface area contributed by atoms with Crippen molar-refractivity contribution in [2.75, 3.05) is 25.5 Å². The minimum absolute atomic E-state index is 0.0360. The summed E-state index contributed by atoms with van der Waals surface area (Å²) in [5, 5.41) is 13.7. The predicted octanol–water partition coefficient (Wildman–Crippen LogP) is 2.78. The number of rotatable bonds is 6. The molecule has 2 rings (SSSR count). The Balaban J connectivity index is 1.83. The van der Waals surface area contributed by atoms with E-state index in [1.54, 1.807) is 36.2 Å². The van der Waals surface area contributed by atoms with Crippen LogP contribution in [0.25, 0.3) is 0 Å². The van der Waals surface area contributed by atoms with Gasteiger partial charge in [-0.15, -0.1) is 0 Å². The number of anilines is 1. The highest BCUT2D eigenvalue weighted by Gasteiger charge is 2.10. The second-order valence-electron chi connectivity index (χ2n) is 4.82. The highest BCUT2D eigenvalue weighted by Crippen LogP contribution is 2.15. The van der Waals surface area contributed by atoms with Crippen molar-refractivity contribution in [3.05, 3.63) is 70.3 Å². The molecule has 6 nitrogen and oxygen atoms in total. The third-order valence-corrected chi connectivity index (χ3v) is 3.22. The molecule has 0 saturated carbocycles. The van der Waals surface area contributed by atoms with Crippen LogP contribution in [0, 0.1) is 10.1 Å². The van der Waals surface area contributed by atoms with E-state index in [2.05, 4.69) is 5.32 Å². The lowest BCUT2D eigenvalue weighted by Crippen LogP contribution is -2.31. The third kappa shape index (κ3) is 4.05. The van der Waals surface area contributed by atoms with Gasteiger partial charge in [-0.3, -0.25) is 14.9 Å². The number of nitrogens with zero attached hydrogens (tertiary/aromatic N) is 2. The molecule has 0 aliphatic heterocycles. The summed E-state index contributed by atoms with van der Waals surface area (Å²) in [4.78, 5) is 23.9. The Hall–Kier alpha value is -2.89. The number of nitro groups is 1. The van der Waals surface area contributed by atoms with Crippen LogP contribution in [0.4, 0.5) is 11.4 Å². The molecule has 22 heavy (non-hydrogen) atoms. The lowest BCUT2D eigenvalue weighted by Gasteiger charge is -2.18. The van der Waals surface area contributed by atoms with Crippen LogP contribution >= 0.6 is 0 Å². The molecular weight excluding hydrogens is 282 g/mol. The number of hydrogen-bond donors (Lipinski definition) is 1. The predicted molar refractivity (Wildman–Crippen MR) is 85.0 cm³/mol. The molecular formula is C16H17N3O3. The van der Waals surface area contributed by atoms with Gasteiger partial charge in [-0.2, -0.15) is 0 Å². The van der Waals surface area contributed by atoms with E-state index in [1.807, 2.05) is 18.2 Å². The maximum absolute atomic E-state index is 12.1. The fourth-order valence-corrected chi connectivity index (χ4v) is 1.97. The zero-order valence-electron chi connectivity index (χ0n) is 12.2. The summed E-state index contributed by atoms with van der Waals surface area (Å²) in [6, 6.07) is 15.3. The summed E-state index contributed by atoms with van der Waals surface area (Å²) in [7, 11) is 1.74. The molecule has 2 aromatic rings. The molecule has 0 atom stereocenters. The molecule has 2 aromatic carbocycles. The molecule has 6 heteroatoms. The van der Waals surface area contributed by atoms with Crippen LogP contribution in [0.3, 0.4) is 0 Å². The van der Waals surface area contributed by atoms with Gasteiger partial charge in [0, 0.05) is 43.5 Å². The molecule has 0 radical (unpaired) electrons. The normalized spacial score (nSPS) is 10.0. The van der Waals surface area contributed by atoms with Crippen LogP contribution in [-0.4, -0.2) is 35.9 Å². The molecule has 0 aliphatic rings. The number of hydrogen-bond acceptors (Lipinski definition) is 4. The summed E-state index contributed by atoms with van der Waals surface area (Å²) in [6.45, 7) is 1.09. The molecule has 0 saturated heterocycles. The van der Waals surface area contributed by atoms with Crippen molar-refractivity contribution in [1.29, 1.82) is 0 Å². The van der Waals surface area contributed by atoms with Gasteiger partial charge in [0.05, 0.1) is 4.92 Å². The van der Waals surface area contributed by atoms with E-state index >= 15 is 0 Å². The van der Waals surface area contributed by atoms with Crippen LogP contribution in [0.15, 0.2) is 54.6 Å². The van der Waals surface area contributed by atoms with Crippen LogP contribution in [0.2, 0.25) is 0 Å². The molecule has 0 fully saturated rings. The second kappa shape index (κ2) is 7.21. The van der Waals surface area contributed by atoms with Gasteiger partial charge < -0.3 is 10.2 Å². The van der Waals surface area contributed by atoms with Crippen molar-refractivity contribution in [2.24, 2.45) is 0 Å². The van der Waals surface area contributed by atoms with E-state index in [4.69, 9.17) is 0 Å². The Morgan fingerprint density at radius 1 is 1.14 bits per heavy atom. The minimum atomic E-state index is -0.434. The Bertz CT molecular complexity index is 641. The molecule has 0 aromatic heterocycles. The minimum Gasteiger partial charge on any atom is -0.383 e. The van der Waals surface area contributed by atoms with Crippen molar-refractivity contribution >= 4 is 17.3 Å². The monoisotopic (exact) mass is 299 g/mol. The molecule has 0 bridgehead atoms. The van der Waals surface area contributed by atoms with Gasteiger partial charge in [0.2, 0.25) is 0 Å². The van der Waals surface area contributed by atoms with Gasteiger partial charge >= 0.3 is 0 Å². The van der Waals surface area contributed by atoms with Gasteiger partial charge in [-0.05, 0) is 24.3 Å². The van der Waals surface area contributed by atoms with E-state index in [-0.39, 0.29) is 11.6 Å². The fourth-order valence-electron chi connectivity index (χ4n) is 1.97. The number of nitrogens with one attached hydrogen (secondary N) is 1. The van der Waals surface area contributed by atoms with Crippen LogP contribution in [-0.2, 0) is 0 Å². The molecule has 0 aliphatic carbocycles. The highest BCUT2D eigenvalue weighted by atomic mass is 16.6. The summed E-state index contributed by atoms with van der Waals surface area (Å²) in [5.74, 6) is -0.0360. The number of nitro benzene ring substituents is 1. The van der Waals surface area contributed by atoms with Gasteiger partial charge in [0.25, 0.3) is 11.6 Å². The van der Waals surface area contributed by atoms with Crippen molar-refractivity contribution in [3.63, 3.8) is 0 Å². The molecule has 114 valence electrons. The fraction of sp³-hybridized carbons (Fsp3) is 0.188. The van der Waals surface area contributed by atoms with Crippen molar-refractivity contribution in [2.45, 2.75) is 0 Å². The van der Waals surface area contributed by atoms with E-state index in [0.717, 1.165) is 5.69 Å². The number of benzene rings is 2. The van der Waals surface area contributed by atoms with E-state index in [0.29, 0.717) is 18.7 Å².